The van der Waals surface area contributed by atoms with Crippen molar-refractivity contribution in [2.75, 3.05) is 31.3 Å². The maximum absolute atomic E-state index is 7.53. The number of nitrogens with one attached hydrogen (secondary N) is 1. The second-order valence-corrected chi connectivity index (χ2v) is 4.95. The summed E-state index contributed by atoms with van der Waals surface area (Å²) in [6, 6.07) is 0.630. The first kappa shape index (κ1) is 10.3. The van der Waals surface area contributed by atoms with Gasteiger partial charge in [0.1, 0.15) is 5.84 Å². The van der Waals surface area contributed by atoms with Gasteiger partial charge < -0.3 is 10.5 Å². The highest BCUT2D eigenvalue weighted by Crippen LogP contribution is 2.25. The Balaban J connectivity index is 2.01. The first-order chi connectivity index (χ1) is 6.79. The third kappa shape index (κ3) is 2.04. The zero-order chi connectivity index (χ0) is 9.97. The Hall–Kier alpha value is -0.260. The van der Waals surface area contributed by atoms with Gasteiger partial charge in [-0.3, -0.25) is 10.3 Å². The molecule has 3 N–H and O–H groups in total. The number of hydrogen-bond acceptors (Lipinski definition) is 4. The van der Waals surface area contributed by atoms with Crippen LogP contribution in [0.2, 0.25) is 0 Å². The highest BCUT2D eigenvalue weighted by molar-refractivity contribution is 7.99. The number of hydrogen-bond donors (Lipinski definition) is 2. The number of rotatable bonds is 2. The van der Waals surface area contributed by atoms with Gasteiger partial charge in [0.2, 0.25) is 0 Å². The molecule has 0 aliphatic carbocycles. The van der Waals surface area contributed by atoms with Gasteiger partial charge in [-0.1, -0.05) is 0 Å². The van der Waals surface area contributed by atoms with Crippen LogP contribution in [0.4, 0.5) is 0 Å². The van der Waals surface area contributed by atoms with E-state index in [-0.39, 0.29) is 11.9 Å². The van der Waals surface area contributed by atoms with Crippen LogP contribution in [0.15, 0.2) is 0 Å². The van der Waals surface area contributed by atoms with E-state index >= 15 is 0 Å². The largest absolute Gasteiger partial charge is 0.386 e. The SMILES string of the molecule is N=C(N)C1COCCN1C1CCSC1. The third-order valence-electron chi connectivity index (χ3n) is 2.90. The van der Waals surface area contributed by atoms with Crippen LogP contribution >= 0.6 is 11.8 Å². The molecule has 0 amide bonds. The molecular formula is C9H17N3OS. The summed E-state index contributed by atoms with van der Waals surface area (Å²) < 4.78 is 5.36. The molecule has 0 aromatic rings. The molecule has 0 aromatic heterocycles. The fraction of sp³-hybridized carbons (Fsp3) is 0.889. The predicted octanol–water partition coefficient (Wildman–Crippen LogP) is 0.129. The number of ether oxygens (including phenoxy) is 1. The minimum atomic E-state index is 0.0208. The van der Waals surface area contributed by atoms with E-state index in [1.54, 1.807) is 0 Å². The van der Waals surface area contributed by atoms with Crippen LogP contribution in [0.25, 0.3) is 0 Å². The van der Waals surface area contributed by atoms with E-state index in [1.807, 2.05) is 11.8 Å². The van der Waals surface area contributed by atoms with Gasteiger partial charge in [-0.15, -0.1) is 0 Å². The van der Waals surface area contributed by atoms with E-state index in [0.29, 0.717) is 12.6 Å². The molecule has 5 heteroatoms. The van der Waals surface area contributed by atoms with Gasteiger partial charge in [0.05, 0.1) is 19.3 Å². The number of amidine groups is 1. The van der Waals surface area contributed by atoms with Gasteiger partial charge in [0, 0.05) is 18.3 Å². The highest BCUT2D eigenvalue weighted by Gasteiger charge is 2.32. The molecule has 2 rings (SSSR count). The van der Waals surface area contributed by atoms with E-state index < -0.39 is 0 Å². The van der Waals surface area contributed by atoms with Crippen molar-refractivity contribution in [3.63, 3.8) is 0 Å². The van der Waals surface area contributed by atoms with Crippen LogP contribution in [0, 0.1) is 5.41 Å². The van der Waals surface area contributed by atoms with Crippen LogP contribution in [-0.2, 0) is 4.74 Å². The second-order valence-electron chi connectivity index (χ2n) is 3.80. The fourth-order valence-electron chi connectivity index (χ4n) is 2.11. The summed E-state index contributed by atoms with van der Waals surface area (Å²) >= 11 is 2.00. The molecular weight excluding hydrogens is 198 g/mol. The average molecular weight is 215 g/mol. The van der Waals surface area contributed by atoms with E-state index in [1.165, 1.54) is 17.9 Å². The van der Waals surface area contributed by atoms with Crippen molar-refractivity contribution >= 4 is 17.6 Å². The summed E-state index contributed by atoms with van der Waals surface area (Å²) in [6.07, 6.45) is 1.23. The highest BCUT2D eigenvalue weighted by atomic mass is 32.2. The summed E-state index contributed by atoms with van der Waals surface area (Å²) in [5.74, 6) is 2.68. The zero-order valence-corrected chi connectivity index (χ0v) is 9.05. The molecule has 0 aromatic carbocycles. The van der Waals surface area contributed by atoms with E-state index in [2.05, 4.69) is 4.90 Å². The van der Waals surface area contributed by atoms with Crippen LogP contribution < -0.4 is 5.73 Å². The third-order valence-corrected chi connectivity index (χ3v) is 4.05. The van der Waals surface area contributed by atoms with Crippen molar-refractivity contribution in [2.24, 2.45) is 5.73 Å². The Morgan fingerprint density at radius 2 is 2.43 bits per heavy atom. The van der Waals surface area contributed by atoms with Crippen molar-refractivity contribution in [2.45, 2.75) is 18.5 Å². The Bertz CT molecular complexity index is 218. The number of thioether (sulfide) groups is 1. The zero-order valence-electron chi connectivity index (χ0n) is 8.24. The minimum absolute atomic E-state index is 0.0208. The Labute approximate surface area is 88.7 Å². The van der Waals surface area contributed by atoms with Crippen molar-refractivity contribution < 1.29 is 4.74 Å². The van der Waals surface area contributed by atoms with E-state index in [4.69, 9.17) is 15.9 Å². The lowest BCUT2D eigenvalue weighted by Gasteiger charge is -2.38. The van der Waals surface area contributed by atoms with Gasteiger partial charge >= 0.3 is 0 Å². The molecule has 0 radical (unpaired) electrons. The van der Waals surface area contributed by atoms with E-state index in [9.17, 15) is 0 Å². The summed E-state index contributed by atoms with van der Waals surface area (Å²) in [6.45, 7) is 2.30. The van der Waals surface area contributed by atoms with Crippen LogP contribution in [0.5, 0.6) is 0 Å². The first-order valence-corrected chi connectivity index (χ1v) is 6.19. The number of nitrogens with two attached hydrogens (primary N) is 1. The van der Waals surface area contributed by atoms with E-state index in [0.717, 1.165) is 13.2 Å². The van der Waals surface area contributed by atoms with Crippen LogP contribution in [0.3, 0.4) is 0 Å². The normalized spacial score (nSPS) is 34.6. The minimum Gasteiger partial charge on any atom is -0.386 e. The molecule has 14 heavy (non-hydrogen) atoms. The molecule has 2 fully saturated rings. The molecule has 0 saturated carbocycles. The molecule has 0 bridgehead atoms. The van der Waals surface area contributed by atoms with Crippen LogP contribution in [0.1, 0.15) is 6.42 Å². The van der Waals surface area contributed by atoms with Crippen molar-refractivity contribution in [3.8, 4) is 0 Å². The Kier molecular flexibility index (Phi) is 3.30. The summed E-state index contributed by atoms with van der Waals surface area (Å²) in [5, 5.41) is 7.53. The molecule has 2 atom stereocenters. The summed E-state index contributed by atoms with van der Waals surface area (Å²) in [5.41, 5.74) is 5.58. The second kappa shape index (κ2) is 4.51. The van der Waals surface area contributed by atoms with Crippen molar-refractivity contribution in [1.29, 1.82) is 5.41 Å². The molecule has 80 valence electrons. The first-order valence-electron chi connectivity index (χ1n) is 5.04. The van der Waals surface area contributed by atoms with Gasteiger partial charge in [-0.2, -0.15) is 11.8 Å². The quantitative estimate of drug-likeness (QED) is 0.508. The van der Waals surface area contributed by atoms with Crippen molar-refractivity contribution in [3.05, 3.63) is 0 Å². The Morgan fingerprint density at radius 3 is 3.07 bits per heavy atom. The fourth-order valence-corrected chi connectivity index (χ4v) is 3.34. The molecule has 2 heterocycles. The molecule has 2 saturated heterocycles. The lowest BCUT2D eigenvalue weighted by molar-refractivity contribution is -0.0000837. The van der Waals surface area contributed by atoms with Gasteiger partial charge in [-0.25, -0.2) is 0 Å². The predicted molar refractivity (Wildman–Crippen MR) is 59.0 cm³/mol. The monoisotopic (exact) mass is 215 g/mol. The molecule has 0 spiro atoms. The summed E-state index contributed by atoms with van der Waals surface area (Å²) in [4.78, 5) is 2.35. The molecule has 2 unspecified atom stereocenters. The lowest BCUT2D eigenvalue weighted by Crippen LogP contribution is -2.56. The van der Waals surface area contributed by atoms with Gasteiger partial charge in [0.25, 0.3) is 0 Å². The molecule has 2 aliphatic rings. The molecule has 2 aliphatic heterocycles. The standard InChI is InChI=1S/C9H17N3OS/c10-9(11)8-5-13-3-2-12(8)7-1-4-14-6-7/h7-8H,1-6H2,(H3,10,11). The lowest BCUT2D eigenvalue weighted by atomic mass is 10.1. The van der Waals surface area contributed by atoms with Gasteiger partial charge in [0.15, 0.2) is 0 Å². The van der Waals surface area contributed by atoms with Crippen molar-refractivity contribution in [1.82, 2.24) is 4.90 Å². The summed E-state index contributed by atoms with van der Waals surface area (Å²) in [7, 11) is 0. The average Bonchev–Trinajstić information content (AvgIpc) is 2.70. The molecule has 4 nitrogen and oxygen atoms in total. The number of nitrogens with zero attached hydrogens (tertiary/aromatic N) is 1. The topological polar surface area (TPSA) is 62.3 Å². The van der Waals surface area contributed by atoms with Crippen LogP contribution in [-0.4, -0.2) is 54.1 Å². The maximum atomic E-state index is 7.53. The number of morpholine rings is 1. The smallest absolute Gasteiger partial charge is 0.111 e. The maximum Gasteiger partial charge on any atom is 0.111 e. The van der Waals surface area contributed by atoms with Gasteiger partial charge in [-0.05, 0) is 12.2 Å². The Morgan fingerprint density at radius 1 is 1.57 bits per heavy atom.